The van der Waals surface area contributed by atoms with E-state index in [-0.39, 0.29) is 23.0 Å². The molecule has 0 radical (unpaired) electrons. The second-order valence-corrected chi connectivity index (χ2v) is 8.98. The van der Waals surface area contributed by atoms with Crippen LogP contribution >= 0.6 is 0 Å². The Labute approximate surface area is 226 Å². The van der Waals surface area contributed by atoms with Crippen molar-refractivity contribution in [3.8, 4) is 17.0 Å². The van der Waals surface area contributed by atoms with E-state index in [1.54, 1.807) is 34.9 Å². The number of hydrogen-bond donors (Lipinski definition) is 2. The molecule has 0 aliphatic heterocycles. The lowest BCUT2D eigenvalue weighted by Crippen LogP contribution is -2.29. The minimum atomic E-state index is -5.03. The van der Waals surface area contributed by atoms with Crippen LogP contribution in [0, 0.1) is 0 Å². The van der Waals surface area contributed by atoms with Crippen LogP contribution < -0.4 is 20.3 Å². The Balaban J connectivity index is 1.77. The minimum Gasteiger partial charge on any atom is -0.403 e. The fourth-order valence-corrected chi connectivity index (χ4v) is 3.77. The number of aromatic nitrogens is 4. The fourth-order valence-electron chi connectivity index (χ4n) is 3.77. The molecule has 0 aliphatic carbocycles. The van der Waals surface area contributed by atoms with E-state index in [2.05, 4.69) is 37.0 Å². The van der Waals surface area contributed by atoms with Crippen LogP contribution in [0.2, 0.25) is 0 Å². The first-order chi connectivity index (χ1) is 18.9. The molecule has 1 aromatic carbocycles. The first kappa shape index (κ1) is 28.3. The zero-order valence-corrected chi connectivity index (χ0v) is 21.8. The zero-order valence-electron chi connectivity index (χ0n) is 21.8. The summed E-state index contributed by atoms with van der Waals surface area (Å²) in [4.78, 5) is 24.2. The van der Waals surface area contributed by atoms with Crippen molar-refractivity contribution in [3.63, 3.8) is 0 Å². The average Bonchev–Trinajstić information content (AvgIpc) is 3.32. The normalized spacial score (nSPS) is 11.5. The lowest BCUT2D eigenvalue weighted by molar-refractivity contribution is -0.274. The third-order valence-electron chi connectivity index (χ3n) is 5.72. The van der Waals surface area contributed by atoms with Crippen LogP contribution in [-0.4, -0.2) is 71.0 Å². The topological polar surface area (TPSA) is 99.9 Å². The predicted molar refractivity (Wildman–Crippen MR) is 143 cm³/mol. The quantitative estimate of drug-likeness (QED) is 0.211. The molecule has 40 heavy (non-hydrogen) atoms. The number of rotatable bonds is 10. The van der Waals surface area contributed by atoms with E-state index in [4.69, 9.17) is 0 Å². The Morgan fingerprint density at radius 2 is 1.90 bits per heavy atom. The van der Waals surface area contributed by atoms with E-state index in [0.29, 0.717) is 24.3 Å². The first-order valence-corrected chi connectivity index (χ1v) is 11.9. The molecule has 3 aromatic heterocycles. The van der Waals surface area contributed by atoms with Crippen molar-refractivity contribution in [2.24, 2.45) is 0 Å². The maximum atomic E-state index is 13.6. The molecule has 0 atom stereocenters. The molecule has 3 heterocycles. The van der Waals surface area contributed by atoms with Crippen LogP contribution in [-0.2, 0) is 4.79 Å². The molecular formula is C26H26F4N8O2. The van der Waals surface area contributed by atoms with Gasteiger partial charge in [-0.15, -0.1) is 13.2 Å². The van der Waals surface area contributed by atoms with E-state index >= 15 is 0 Å². The predicted octanol–water partition coefficient (Wildman–Crippen LogP) is 4.85. The van der Waals surface area contributed by atoms with Crippen molar-refractivity contribution in [1.29, 1.82) is 0 Å². The number of amides is 1. The van der Waals surface area contributed by atoms with Gasteiger partial charge in [0.25, 0.3) is 5.91 Å². The largest absolute Gasteiger partial charge is 0.573 e. The van der Waals surface area contributed by atoms with Crippen molar-refractivity contribution in [2.45, 2.75) is 6.36 Å². The van der Waals surface area contributed by atoms with E-state index in [1.165, 1.54) is 12.3 Å². The highest BCUT2D eigenvalue weighted by atomic mass is 19.4. The number of nitrogens with zero attached hydrogens (tertiary/aromatic N) is 6. The maximum absolute atomic E-state index is 13.6. The first-order valence-electron chi connectivity index (χ1n) is 11.9. The van der Waals surface area contributed by atoms with Gasteiger partial charge in [-0.1, -0.05) is 12.6 Å². The summed E-state index contributed by atoms with van der Waals surface area (Å²) in [5.41, 5.74) is 1.83. The number of hydrogen-bond acceptors (Lipinski definition) is 8. The van der Waals surface area contributed by atoms with Crippen LogP contribution in [0.25, 0.3) is 16.8 Å². The number of alkyl halides is 3. The van der Waals surface area contributed by atoms with Crippen LogP contribution in [0.15, 0.2) is 67.4 Å². The Morgan fingerprint density at radius 1 is 1.12 bits per heavy atom. The third kappa shape index (κ3) is 6.83. The number of benzene rings is 1. The van der Waals surface area contributed by atoms with Crippen LogP contribution in [0.4, 0.5) is 40.6 Å². The van der Waals surface area contributed by atoms with Crippen molar-refractivity contribution in [1.82, 2.24) is 24.5 Å². The number of carbonyl (C=O) groups is 1. The molecule has 14 heteroatoms. The fraction of sp³-hybridized carbons (Fsp3) is 0.231. The summed E-state index contributed by atoms with van der Waals surface area (Å²) in [6, 6.07) is 9.40. The Kier molecular flexibility index (Phi) is 8.18. The van der Waals surface area contributed by atoms with Crippen molar-refractivity contribution in [2.75, 3.05) is 49.8 Å². The van der Waals surface area contributed by atoms with E-state index in [0.717, 1.165) is 11.6 Å². The molecular weight excluding hydrogens is 532 g/mol. The zero-order chi connectivity index (χ0) is 29.0. The molecule has 0 saturated heterocycles. The van der Waals surface area contributed by atoms with Crippen LogP contribution in [0.5, 0.6) is 5.75 Å². The highest BCUT2D eigenvalue weighted by Crippen LogP contribution is 2.40. The number of pyridine rings is 1. The molecule has 1 amide bonds. The van der Waals surface area contributed by atoms with E-state index in [1.807, 2.05) is 37.2 Å². The van der Waals surface area contributed by atoms with Gasteiger partial charge in [-0.25, -0.2) is 18.9 Å². The molecule has 10 nitrogen and oxygen atoms in total. The van der Waals surface area contributed by atoms with Gasteiger partial charge >= 0.3 is 6.36 Å². The third-order valence-corrected chi connectivity index (χ3v) is 5.72. The summed E-state index contributed by atoms with van der Waals surface area (Å²) < 4.78 is 59.8. The molecule has 210 valence electrons. The number of anilines is 4. The highest BCUT2D eigenvalue weighted by molar-refractivity contribution is 6.04. The summed E-state index contributed by atoms with van der Waals surface area (Å²) in [7, 11) is 5.28. The summed E-state index contributed by atoms with van der Waals surface area (Å²) >= 11 is 0. The SMILES string of the molecule is C=C(F)C(=O)Nc1cc(Nc2nccc(-c3cnn4ccccc34)n2)c(OC(F)(F)F)cc1N(C)CCN(C)C. The molecule has 0 saturated carbocycles. The summed E-state index contributed by atoms with van der Waals surface area (Å²) in [5, 5.41) is 9.36. The van der Waals surface area contributed by atoms with Crippen molar-refractivity contribution < 1.29 is 27.1 Å². The van der Waals surface area contributed by atoms with Gasteiger partial charge in [-0.3, -0.25) is 4.79 Å². The number of carbonyl (C=O) groups excluding carboxylic acids is 1. The molecule has 0 bridgehead atoms. The smallest absolute Gasteiger partial charge is 0.403 e. The standard InChI is InChI=1S/C26H26F4N8O2/c1-16(27)24(39)33-19-13-20(23(40-26(28,29)30)14-22(19)37(4)12-11-36(2)3)35-25-31-9-8-18(34-25)17-15-32-38-10-6-5-7-21(17)38/h5-10,13-15H,1,11-12H2,2-4H3,(H,33,39)(H,31,34,35). The van der Waals surface area contributed by atoms with Crippen LogP contribution in [0.3, 0.4) is 0 Å². The lowest BCUT2D eigenvalue weighted by Gasteiger charge is -2.26. The second-order valence-electron chi connectivity index (χ2n) is 8.98. The molecule has 4 rings (SSSR count). The summed E-state index contributed by atoms with van der Waals surface area (Å²) in [6.07, 6.45) is -0.233. The minimum absolute atomic E-state index is 0.0147. The van der Waals surface area contributed by atoms with Gasteiger partial charge in [-0.2, -0.15) is 5.10 Å². The number of nitrogens with one attached hydrogen (secondary N) is 2. The molecule has 4 aromatic rings. The monoisotopic (exact) mass is 558 g/mol. The van der Waals surface area contributed by atoms with Gasteiger partial charge in [0.1, 0.15) is 0 Å². The maximum Gasteiger partial charge on any atom is 0.573 e. The summed E-state index contributed by atoms with van der Waals surface area (Å²) in [6.45, 7) is 3.89. The molecule has 0 aliphatic rings. The number of ether oxygens (including phenoxy) is 1. The van der Waals surface area contributed by atoms with Gasteiger partial charge in [0, 0.05) is 44.2 Å². The Bertz CT molecular complexity index is 1540. The Hall–Kier alpha value is -4.72. The van der Waals surface area contributed by atoms with Gasteiger partial charge in [-0.05, 0) is 38.4 Å². The number of halogens is 4. The number of likely N-dealkylation sites (N-methyl/N-ethyl adjacent to an activating group) is 2. The van der Waals surface area contributed by atoms with Gasteiger partial charge < -0.3 is 25.2 Å². The van der Waals surface area contributed by atoms with Crippen LogP contribution in [0.1, 0.15) is 0 Å². The molecule has 2 N–H and O–H groups in total. The average molecular weight is 559 g/mol. The van der Waals surface area contributed by atoms with Gasteiger partial charge in [0.15, 0.2) is 11.6 Å². The van der Waals surface area contributed by atoms with Gasteiger partial charge in [0.05, 0.1) is 34.5 Å². The Morgan fingerprint density at radius 3 is 2.60 bits per heavy atom. The van der Waals surface area contributed by atoms with E-state index in [9.17, 15) is 22.4 Å². The van der Waals surface area contributed by atoms with Crippen molar-refractivity contribution >= 4 is 34.4 Å². The second kappa shape index (κ2) is 11.6. The highest BCUT2D eigenvalue weighted by Gasteiger charge is 2.33. The molecule has 0 spiro atoms. The van der Waals surface area contributed by atoms with E-state index < -0.39 is 23.8 Å². The van der Waals surface area contributed by atoms with Gasteiger partial charge in [0.2, 0.25) is 5.95 Å². The van der Waals surface area contributed by atoms with Crippen molar-refractivity contribution in [3.05, 3.63) is 67.4 Å². The number of fused-ring (bicyclic) bond motifs is 1. The molecule has 0 unspecified atom stereocenters. The summed E-state index contributed by atoms with van der Waals surface area (Å²) in [5.74, 6) is -3.08. The molecule has 0 fully saturated rings. The lowest BCUT2D eigenvalue weighted by atomic mass is 10.2.